The standard InChI is InChI=1S/C12H19N5S/c1-8-9-10(16(2)15-8)17(11(13)14-9)7-12(18-3)5-4-6-12/h4-7H2,1-3H3,(H2,13,14). The van der Waals surface area contributed by atoms with Gasteiger partial charge in [-0.25, -0.2) is 4.98 Å². The average molecular weight is 265 g/mol. The van der Waals surface area contributed by atoms with Gasteiger partial charge in [0.25, 0.3) is 0 Å². The Labute approximate surface area is 111 Å². The van der Waals surface area contributed by atoms with Crippen molar-refractivity contribution in [2.75, 3.05) is 12.0 Å². The molecule has 18 heavy (non-hydrogen) atoms. The molecule has 2 aromatic rings. The average Bonchev–Trinajstić information content (AvgIpc) is 2.73. The molecule has 98 valence electrons. The fraction of sp³-hybridized carbons (Fsp3) is 0.667. The highest BCUT2D eigenvalue weighted by atomic mass is 32.2. The van der Waals surface area contributed by atoms with Crippen LogP contribution in [0.15, 0.2) is 0 Å². The molecule has 0 aliphatic heterocycles. The highest BCUT2D eigenvalue weighted by Crippen LogP contribution is 2.45. The van der Waals surface area contributed by atoms with E-state index in [4.69, 9.17) is 5.73 Å². The summed E-state index contributed by atoms with van der Waals surface area (Å²) in [4.78, 5) is 4.46. The number of aromatic nitrogens is 4. The van der Waals surface area contributed by atoms with E-state index < -0.39 is 0 Å². The van der Waals surface area contributed by atoms with Gasteiger partial charge in [0.2, 0.25) is 5.95 Å². The van der Waals surface area contributed by atoms with Crippen molar-refractivity contribution in [1.29, 1.82) is 0 Å². The third-order valence-corrected chi connectivity index (χ3v) is 5.47. The first kappa shape index (κ1) is 11.9. The summed E-state index contributed by atoms with van der Waals surface area (Å²) in [7, 11) is 1.96. The van der Waals surface area contributed by atoms with E-state index in [0.29, 0.717) is 10.7 Å². The number of fused-ring (bicyclic) bond motifs is 1. The van der Waals surface area contributed by atoms with E-state index in [0.717, 1.165) is 23.4 Å². The lowest BCUT2D eigenvalue weighted by Gasteiger charge is -2.40. The zero-order chi connectivity index (χ0) is 12.9. The first-order valence-electron chi connectivity index (χ1n) is 6.27. The largest absolute Gasteiger partial charge is 0.369 e. The van der Waals surface area contributed by atoms with E-state index in [9.17, 15) is 0 Å². The van der Waals surface area contributed by atoms with Crippen LogP contribution in [-0.2, 0) is 13.6 Å². The minimum Gasteiger partial charge on any atom is -0.369 e. The first-order valence-corrected chi connectivity index (χ1v) is 7.49. The second-order valence-corrected chi connectivity index (χ2v) is 6.45. The Morgan fingerprint density at radius 2 is 2.17 bits per heavy atom. The Bertz CT molecular complexity index is 588. The number of anilines is 1. The predicted molar refractivity (Wildman–Crippen MR) is 75.7 cm³/mol. The lowest BCUT2D eigenvalue weighted by molar-refractivity contribution is 0.325. The molecule has 2 aromatic heterocycles. The van der Waals surface area contributed by atoms with Crippen LogP contribution >= 0.6 is 11.8 Å². The molecule has 2 N–H and O–H groups in total. The molecule has 0 bridgehead atoms. The summed E-state index contributed by atoms with van der Waals surface area (Å²) in [5.41, 5.74) is 9.01. The third kappa shape index (κ3) is 1.55. The minimum atomic E-state index is 0.347. The summed E-state index contributed by atoms with van der Waals surface area (Å²) >= 11 is 1.95. The number of nitrogen functional groups attached to an aromatic ring is 1. The maximum Gasteiger partial charge on any atom is 0.202 e. The van der Waals surface area contributed by atoms with Crippen molar-refractivity contribution in [1.82, 2.24) is 19.3 Å². The van der Waals surface area contributed by atoms with E-state index in [2.05, 4.69) is 20.9 Å². The van der Waals surface area contributed by atoms with E-state index in [1.165, 1.54) is 19.3 Å². The van der Waals surface area contributed by atoms with Crippen LogP contribution in [0, 0.1) is 6.92 Å². The second-order valence-electron chi connectivity index (χ2n) is 5.18. The second kappa shape index (κ2) is 3.91. The van der Waals surface area contributed by atoms with Crippen LogP contribution in [0.1, 0.15) is 25.0 Å². The molecule has 3 rings (SSSR count). The van der Waals surface area contributed by atoms with Crippen molar-refractivity contribution in [3.05, 3.63) is 5.69 Å². The molecule has 1 fully saturated rings. The Hall–Kier alpha value is -1.17. The zero-order valence-corrected chi connectivity index (χ0v) is 11.9. The Balaban J connectivity index is 2.08. The van der Waals surface area contributed by atoms with Crippen molar-refractivity contribution in [2.45, 2.75) is 37.5 Å². The van der Waals surface area contributed by atoms with Crippen LogP contribution in [0.2, 0.25) is 0 Å². The van der Waals surface area contributed by atoms with Gasteiger partial charge in [-0.05, 0) is 26.0 Å². The van der Waals surface area contributed by atoms with Crippen molar-refractivity contribution >= 4 is 28.9 Å². The van der Waals surface area contributed by atoms with Crippen LogP contribution in [0.3, 0.4) is 0 Å². The maximum atomic E-state index is 6.08. The van der Waals surface area contributed by atoms with Crippen LogP contribution in [0.4, 0.5) is 5.95 Å². The molecule has 0 saturated heterocycles. The predicted octanol–water partition coefficient (Wildman–Crippen LogP) is 1.95. The maximum absolute atomic E-state index is 6.08. The SMILES string of the molecule is CSC1(Cn2c(N)nc3c(C)nn(C)c32)CCC1. The van der Waals surface area contributed by atoms with Crippen molar-refractivity contribution in [3.8, 4) is 0 Å². The lowest BCUT2D eigenvalue weighted by atomic mass is 9.84. The molecule has 6 heteroatoms. The number of thioether (sulfide) groups is 1. The fourth-order valence-electron chi connectivity index (χ4n) is 2.79. The highest BCUT2D eigenvalue weighted by molar-refractivity contribution is 8.00. The Kier molecular flexibility index (Phi) is 2.59. The summed E-state index contributed by atoms with van der Waals surface area (Å²) in [5, 5.41) is 4.42. The monoisotopic (exact) mass is 265 g/mol. The summed E-state index contributed by atoms with van der Waals surface area (Å²) in [6.07, 6.45) is 6.05. The van der Waals surface area contributed by atoms with Crippen LogP contribution in [0.25, 0.3) is 11.2 Å². The van der Waals surface area contributed by atoms with Gasteiger partial charge >= 0.3 is 0 Å². The number of hydrogen-bond acceptors (Lipinski definition) is 4. The molecule has 0 amide bonds. The smallest absolute Gasteiger partial charge is 0.202 e. The van der Waals surface area contributed by atoms with Crippen molar-refractivity contribution < 1.29 is 0 Å². The number of nitrogens with two attached hydrogens (primary N) is 1. The molecule has 1 aliphatic carbocycles. The summed E-state index contributed by atoms with van der Waals surface area (Å²) in [6.45, 7) is 2.92. The van der Waals surface area contributed by atoms with Crippen molar-refractivity contribution in [3.63, 3.8) is 0 Å². The van der Waals surface area contributed by atoms with E-state index >= 15 is 0 Å². The molecular weight excluding hydrogens is 246 g/mol. The van der Waals surface area contributed by atoms with Gasteiger partial charge < -0.3 is 5.73 Å². The van der Waals surface area contributed by atoms with Crippen LogP contribution in [0.5, 0.6) is 0 Å². The number of rotatable bonds is 3. The third-order valence-electron chi connectivity index (χ3n) is 4.06. The Morgan fingerprint density at radius 3 is 2.72 bits per heavy atom. The molecule has 0 aromatic carbocycles. The molecule has 0 atom stereocenters. The number of imidazole rings is 1. The quantitative estimate of drug-likeness (QED) is 0.921. The van der Waals surface area contributed by atoms with Gasteiger partial charge in [-0.1, -0.05) is 6.42 Å². The molecule has 0 radical (unpaired) electrons. The highest BCUT2D eigenvalue weighted by Gasteiger charge is 2.37. The van der Waals surface area contributed by atoms with E-state index in [-0.39, 0.29) is 0 Å². The molecule has 0 unspecified atom stereocenters. The molecule has 0 spiro atoms. The van der Waals surface area contributed by atoms with Gasteiger partial charge in [0.15, 0.2) is 5.65 Å². The van der Waals surface area contributed by atoms with Gasteiger partial charge in [-0.15, -0.1) is 0 Å². The number of nitrogens with zero attached hydrogens (tertiary/aromatic N) is 4. The minimum absolute atomic E-state index is 0.347. The molecular formula is C12H19N5S. The van der Waals surface area contributed by atoms with Gasteiger partial charge in [-0.2, -0.15) is 16.9 Å². The van der Waals surface area contributed by atoms with Gasteiger partial charge in [-0.3, -0.25) is 9.25 Å². The van der Waals surface area contributed by atoms with Gasteiger partial charge in [0.05, 0.1) is 5.69 Å². The molecule has 5 nitrogen and oxygen atoms in total. The molecule has 1 aliphatic rings. The Morgan fingerprint density at radius 1 is 1.44 bits per heavy atom. The fourth-order valence-corrected chi connectivity index (χ4v) is 3.75. The lowest BCUT2D eigenvalue weighted by Crippen LogP contribution is -2.38. The zero-order valence-electron chi connectivity index (χ0n) is 11.1. The van der Waals surface area contributed by atoms with Gasteiger partial charge in [0.1, 0.15) is 5.52 Å². The van der Waals surface area contributed by atoms with Crippen molar-refractivity contribution in [2.24, 2.45) is 7.05 Å². The van der Waals surface area contributed by atoms with E-state index in [1.54, 1.807) is 0 Å². The van der Waals surface area contributed by atoms with E-state index in [1.807, 2.05) is 30.4 Å². The molecule has 2 heterocycles. The topological polar surface area (TPSA) is 61.7 Å². The van der Waals surface area contributed by atoms with Crippen LogP contribution in [-0.4, -0.2) is 30.3 Å². The number of aryl methyl sites for hydroxylation is 2. The first-order chi connectivity index (χ1) is 8.56. The summed E-state index contributed by atoms with van der Waals surface area (Å²) in [6, 6.07) is 0. The normalized spacial score (nSPS) is 18.2. The summed E-state index contributed by atoms with van der Waals surface area (Å²) in [5.74, 6) is 0.612. The van der Waals surface area contributed by atoms with Gasteiger partial charge in [0, 0.05) is 18.3 Å². The summed E-state index contributed by atoms with van der Waals surface area (Å²) < 4.78 is 4.37. The molecule has 1 saturated carbocycles. The van der Waals surface area contributed by atoms with Crippen LogP contribution < -0.4 is 5.73 Å². The number of hydrogen-bond donors (Lipinski definition) is 1.